The van der Waals surface area contributed by atoms with Gasteiger partial charge in [0.15, 0.2) is 16.6 Å². The van der Waals surface area contributed by atoms with Crippen LogP contribution in [0.3, 0.4) is 0 Å². The lowest BCUT2D eigenvalue weighted by Crippen LogP contribution is -2.20. The van der Waals surface area contributed by atoms with Crippen molar-refractivity contribution in [1.82, 2.24) is 4.98 Å². The van der Waals surface area contributed by atoms with Crippen molar-refractivity contribution in [1.29, 1.82) is 0 Å². The van der Waals surface area contributed by atoms with Crippen LogP contribution in [0.2, 0.25) is 0 Å². The second-order valence-corrected chi connectivity index (χ2v) is 12.6. The summed E-state index contributed by atoms with van der Waals surface area (Å²) >= 11 is 0.933. The van der Waals surface area contributed by atoms with E-state index in [1.807, 2.05) is 6.07 Å². The van der Waals surface area contributed by atoms with Crippen molar-refractivity contribution in [3.8, 4) is 22.1 Å². The van der Waals surface area contributed by atoms with Gasteiger partial charge in [-0.15, -0.1) is 11.3 Å². The van der Waals surface area contributed by atoms with Crippen LogP contribution in [0.25, 0.3) is 10.6 Å². The number of sulfonamides is 1. The zero-order chi connectivity index (χ0) is 28.5. The second-order valence-electron chi connectivity index (χ2n) is 10.2. The number of ether oxygens (including phenoxy) is 2. The van der Waals surface area contributed by atoms with Crippen molar-refractivity contribution >= 4 is 33.0 Å². The Morgan fingerprint density at radius 1 is 1.23 bits per heavy atom. The van der Waals surface area contributed by atoms with Gasteiger partial charge in [-0.2, -0.15) is 8.42 Å². The number of rotatable bonds is 9. The molecule has 3 aromatic rings. The van der Waals surface area contributed by atoms with Crippen LogP contribution in [0.5, 0.6) is 11.5 Å². The van der Waals surface area contributed by atoms with E-state index >= 15 is 4.39 Å². The summed E-state index contributed by atoms with van der Waals surface area (Å²) in [6.45, 7) is 6.51. The summed E-state index contributed by atoms with van der Waals surface area (Å²) in [7, 11) is -3.16. The van der Waals surface area contributed by atoms with Crippen molar-refractivity contribution < 1.29 is 36.6 Å². The number of aromatic nitrogens is 1. The second kappa shape index (κ2) is 11.1. The number of hydrogen-bond donors (Lipinski definition) is 2. The molecule has 0 atom stereocenters. The average Bonchev–Trinajstić information content (AvgIpc) is 3.36. The van der Waals surface area contributed by atoms with Gasteiger partial charge in [0, 0.05) is 17.0 Å². The molecule has 0 aliphatic heterocycles. The Morgan fingerprint density at radius 3 is 2.54 bits per heavy atom. The number of carboxylic acid groups (broad SMARTS) is 1. The number of benzene rings is 2. The van der Waals surface area contributed by atoms with Crippen LogP contribution in [0.1, 0.15) is 68.3 Å². The van der Waals surface area contributed by atoms with E-state index in [1.165, 1.54) is 12.5 Å². The summed E-state index contributed by atoms with van der Waals surface area (Å²) in [6.07, 6.45) is 3.91. The van der Waals surface area contributed by atoms with Crippen LogP contribution >= 0.6 is 11.3 Å². The molecular formula is C27H30F2N2O6S2. The quantitative estimate of drug-likeness (QED) is 0.290. The highest BCUT2D eigenvalue weighted by atomic mass is 32.2. The number of thiazole rings is 1. The molecule has 8 nitrogen and oxygen atoms in total. The van der Waals surface area contributed by atoms with E-state index in [2.05, 4.69) is 23.6 Å². The molecule has 0 saturated heterocycles. The largest absolute Gasteiger partial charge is 0.495 e. The summed E-state index contributed by atoms with van der Waals surface area (Å²) in [6, 6.07) is 5.02. The number of aromatic carboxylic acids is 1. The Bertz CT molecular complexity index is 1490. The van der Waals surface area contributed by atoms with Gasteiger partial charge in [0.25, 0.3) is 10.0 Å². The van der Waals surface area contributed by atoms with E-state index in [1.54, 1.807) is 13.0 Å². The molecular weight excluding hydrogens is 550 g/mol. The number of methoxy groups -OCH3 is 1. The summed E-state index contributed by atoms with van der Waals surface area (Å²) in [5, 5.41) is 10.1. The first-order chi connectivity index (χ1) is 18.4. The van der Waals surface area contributed by atoms with Crippen LogP contribution in [-0.2, 0) is 10.0 Å². The Labute approximate surface area is 230 Å². The SMILES string of the molecule is CCOc1c(C2CCC(C)(C)CC2)ccc(-c2nc(S(=O)(=O)Nc3cc(F)c(C(=O)O)cc3OC)cs2)c1F. The van der Waals surface area contributed by atoms with Crippen molar-refractivity contribution in [2.45, 2.75) is 57.4 Å². The minimum absolute atomic E-state index is 0.110. The van der Waals surface area contributed by atoms with Crippen LogP contribution < -0.4 is 14.2 Å². The first kappa shape index (κ1) is 28.8. The molecule has 0 unspecified atom stereocenters. The third kappa shape index (κ3) is 6.01. The molecule has 2 aromatic carbocycles. The first-order valence-electron chi connectivity index (χ1n) is 12.4. The maximum absolute atomic E-state index is 15.8. The van der Waals surface area contributed by atoms with Crippen LogP contribution in [0.4, 0.5) is 14.5 Å². The maximum atomic E-state index is 15.8. The van der Waals surface area contributed by atoms with E-state index in [4.69, 9.17) is 14.6 Å². The Hall–Kier alpha value is -3.25. The summed E-state index contributed by atoms with van der Waals surface area (Å²) in [5.74, 6) is -3.14. The van der Waals surface area contributed by atoms with Crippen molar-refractivity contribution in [2.24, 2.45) is 5.41 Å². The molecule has 0 radical (unpaired) electrons. The van der Waals surface area contributed by atoms with Crippen LogP contribution in [0, 0.1) is 17.0 Å². The molecule has 39 heavy (non-hydrogen) atoms. The smallest absolute Gasteiger partial charge is 0.338 e. The molecule has 4 rings (SSSR count). The molecule has 1 saturated carbocycles. The van der Waals surface area contributed by atoms with Gasteiger partial charge in [0.05, 0.1) is 30.5 Å². The van der Waals surface area contributed by atoms with Gasteiger partial charge in [-0.1, -0.05) is 19.9 Å². The highest BCUT2D eigenvalue weighted by Gasteiger charge is 2.31. The zero-order valence-electron chi connectivity index (χ0n) is 22.0. The molecule has 12 heteroatoms. The van der Waals surface area contributed by atoms with Gasteiger partial charge < -0.3 is 14.6 Å². The van der Waals surface area contributed by atoms with E-state index in [0.29, 0.717) is 6.07 Å². The zero-order valence-corrected chi connectivity index (χ0v) is 23.6. The fraction of sp³-hybridized carbons (Fsp3) is 0.407. The lowest BCUT2D eigenvalue weighted by molar-refractivity contribution is 0.0691. The Morgan fingerprint density at radius 2 is 1.92 bits per heavy atom. The number of carboxylic acids is 1. The monoisotopic (exact) mass is 580 g/mol. The third-order valence-corrected chi connectivity index (χ3v) is 9.22. The van der Waals surface area contributed by atoms with Crippen molar-refractivity contribution in [2.75, 3.05) is 18.4 Å². The molecule has 2 N–H and O–H groups in total. The molecule has 0 bridgehead atoms. The molecule has 1 fully saturated rings. The van der Waals surface area contributed by atoms with E-state index in [9.17, 15) is 17.6 Å². The van der Waals surface area contributed by atoms with E-state index in [-0.39, 0.29) is 45.7 Å². The lowest BCUT2D eigenvalue weighted by Gasteiger charge is -2.35. The molecule has 0 amide bonds. The average molecular weight is 581 g/mol. The molecule has 1 heterocycles. The summed E-state index contributed by atoms with van der Waals surface area (Å²) in [5.41, 5.74) is 0.190. The van der Waals surface area contributed by atoms with Gasteiger partial charge >= 0.3 is 5.97 Å². The first-order valence-corrected chi connectivity index (χ1v) is 14.8. The van der Waals surface area contributed by atoms with Crippen molar-refractivity contribution in [3.05, 3.63) is 52.4 Å². The van der Waals surface area contributed by atoms with Crippen LogP contribution in [0.15, 0.2) is 34.7 Å². The number of anilines is 1. The fourth-order valence-electron chi connectivity index (χ4n) is 4.73. The number of nitrogens with one attached hydrogen (secondary N) is 1. The molecule has 1 aliphatic carbocycles. The van der Waals surface area contributed by atoms with E-state index < -0.39 is 38.2 Å². The minimum atomic E-state index is -4.35. The maximum Gasteiger partial charge on any atom is 0.338 e. The third-order valence-electron chi connectivity index (χ3n) is 6.95. The van der Waals surface area contributed by atoms with Gasteiger partial charge in [-0.05, 0) is 56.1 Å². The van der Waals surface area contributed by atoms with E-state index in [0.717, 1.165) is 48.6 Å². The predicted molar refractivity (Wildman–Crippen MR) is 144 cm³/mol. The summed E-state index contributed by atoms with van der Waals surface area (Å²) in [4.78, 5) is 15.3. The lowest BCUT2D eigenvalue weighted by atomic mass is 9.71. The van der Waals surface area contributed by atoms with Gasteiger partial charge in [0.2, 0.25) is 0 Å². The minimum Gasteiger partial charge on any atom is -0.495 e. The van der Waals surface area contributed by atoms with Crippen LogP contribution in [-0.4, -0.2) is 38.2 Å². The normalized spacial score (nSPS) is 15.6. The highest BCUT2D eigenvalue weighted by Crippen LogP contribution is 2.46. The van der Waals surface area contributed by atoms with Gasteiger partial charge in [0.1, 0.15) is 16.6 Å². The predicted octanol–water partition coefficient (Wildman–Crippen LogP) is 6.68. The number of nitrogens with zero attached hydrogens (tertiary/aromatic N) is 1. The highest BCUT2D eigenvalue weighted by molar-refractivity contribution is 7.92. The molecule has 0 spiro atoms. The van der Waals surface area contributed by atoms with Crippen molar-refractivity contribution in [3.63, 3.8) is 0 Å². The number of hydrogen-bond acceptors (Lipinski definition) is 7. The van der Waals surface area contributed by atoms with Gasteiger partial charge in [-0.25, -0.2) is 18.6 Å². The molecule has 1 aliphatic rings. The number of halogens is 2. The molecule has 1 aromatic heterocycles. The number of carbonyl (C=O) groups is 1. The standard InChI is InChI=1S/C27H30F2N2O6S2/c1-5-37-24-16(15-8-10-27(2,3)11-9-15)6-7-17(23(24)29)25-30-22(14-38-25)39(34,35)31-20-13-19(28)18(26(32)33)12-21(20)36-4/h6-7,12-15,31H,5,8-11H2,1-4H3,(H,32,33). The summed E-state index contributed by atoms with van der Waals surface area (Å²) < 4.78 is 69.0. The topological polar surface area (TPSA) is 115 Å². The fourth-order valence-corrected chi connectivity index (χ4v) is 6.90. The molecule has 210 valence electrons. The Balaban J connectivity index is 1.64. The van der Waals surface area contributed by atoms with Gasteiger partial charge in [-0.3, -0.25) is 4.72 Å². The Kier molecular flexibility index (Phi) is 8.17.